The molecule has 1 aromatic rings. The summed E-state index contributed by atoms with van der Waals surface area (Å²) in [6, 6.07) is 2.62. The number of aliphatic hydroxyl groups is 1. The summed E-state index contributed by atoms with van der Waals surface area (Å²) in [5.41, 5.74) is -0.900. The van der Waals surface area contributed by atoms with Crippen molar-refractivity contribution < 1.29 is 48.0 Å². The maximum atomic E-state index is 14.2. The molecule has 4 rings (SSSR count). The lowest BCUT2D eigenvalue weighted by molar-refractivity contribution is -0.162. The van der Waals surface area contributed by atoms with E-state index in [-0.39, 0.29) is 34.9 Å². The molecule has 3 amide bonds. The quantitative estimate of drug-likeness (QED) is 0.160. The first kappa shape index (κ1) is 44.8. The molecule has 306 valence electrons. The average Bonchev–Trinajstić information content (AvgIpc) is 3.82. The van der Waals surface area contributed by atoms with Crippen LogP contribution in [0.4, 0.5) is 10.5 Å². The van der Waals surface area contributed by atoms with Gasteiger partial charge in [0.25, 0.3) is 0 Å². The van der Waals surface area contributed by atoms with E-state index in [0.29, 0.717) is 24.3 Å². The summed E-state index contributed by atoms with van der Waals surface area (Å²) < 4.78 is 29.2. The number of anilines is 1. The number of alkyl carbamates (subject to hydrolysis) is 1. The van der Waals surface area contributed by atoms with Crippen LogP contribution in [0.5, 0.6) is 5.75 Å². The third-order valence-electron chi connectivity index (χ3n) is 10.8. The Balaban J connectivity index is 1.71. The number of rotatable bonds is 10. The number of benzene rings is 1. The number of carbonyl (C=O) groups excluding carboxylic acids is 4. The summed E-state index contributed by atoms with van der Waals surface area (Å²) in [4.78, 5) is 56.9. The number of amides is 3. The molecule has 8 atom stereocenters. The van der Waals surface area contributed by atoms with Crippen molar-refractivity contribution in [2.45, 2.75) is 120 Å². The van der Waals surface area contributed by atoms with Crippen molar-refractivity contribution in [3.63, 3.8) is 0 Å². The third-order valence-corrected chi connectivity index (χ3v) is 13.8. The molecule has 16 heteroatoms. The van der Waals surface area contributed by atoms with E-state index in [4.69, 9.17) is 35.3 Å². The normalized spacial score (nSPS) is 29.3. The van der Waals surface area contributed by atoms with E-state index in [0.717, 1.165) is 11.1 Å². The summed E-state index contributed by atoms with van der Waals surface area (Å²) in [6.45, 7) is 11.2. The lowest BCUT2D eigenvalue weighted by atomic mass is 9.83. The van der Waals surface area contributed by atoms with Gasteiger partial charge in [0, 0.05) is 44.7 Å². The molecule has 3 heterocycles. The van der Waals surface area contributed by atoms with Crippen molar-refractivity contribution in [2.75, 3.05) is 39.5 Å². The molecule has 0 radical (unpaired) electrons. The first-order chi connectivity index (χ1) is 25.7. The van der Waals surface area contributed by atoms with Crippen molar-refractivity contribution >= 4 is 62.8 Å². The fraction of sp³-hybridized carbons (Fsp3) is 0.641. The third kappa shape index (κ3) is 10.5. The van der Waals surface area contributed by atoms with E-state index in [9.17, 15) is 24.3 Å². The van der Waals surface area contributed by atoms with E-state index in [1.54, 1.807) is 73.8 Å². The van der Waals surface area contributed by atoms with Gasteiger partial charge in [0.15, 0.2) is 5.72 Å². The zero-order valence-corrected chi connectivity index (χ0v) is 36.0. The Bertz CT molecular complexity index is 1680. The summed E-state index contributed by atoms with van der Waals surface area (Å²) in [7, 11) is 9.39. The van der Waals surface area contributed by atoms with Crippen molar-refractivity contribution in [2.24, 2.45) is 5.92 Å². The number of hydrogen-bond donors (Lipinski definition) is 2. The molecule has 2 N–H and O–H groups in total. The molecule has 2 fully saturated rings. The van der Waals surface area contributed by atoms with E-state index in [1.165, 1.54) is 24.0 Å². The van der Waals surface area contributed by atoms with Crippen LogP contribution in [0.2, 0.25) is 5.02 Å². The fourth-order valence-electron chi connectivity index (χ4n) is 7.07. The zero-order chi connectivity index (χ0) is 41.0. The Morgan fingerprint density at radius 1 is 1.25 bits per heavy atom. The predicted octanol–water partition coefficient (Wildman–Crippen LogP) is 6.08. The molecule has 13 nitrogen and oxygen atoms in total. The number of likely N-dealkylation sites (N-methyl/N-ethyl adjacent to an activating group) is 1. The molecule has 3 aliphatic heterocycles. The van der Waals surface area contributed by atoms with Gasteiger partial charge in [-0.25, -0.2) is 9.59 Å². The second-order valence-electron chi connectivity index (χ2n) is 15.4. The van der Waals surface area contributed by atoms with Crippen LogP contribution in [0.25, 0.3) is 0 Å². The van der Waals surface area contributed by atoms with Crippen LogP contribution in [0, 0.1) is 5.92 Å². The molecule has 1 aromatic carbocycles. The number of fused-ring (bicyclic) bond motifs is 5. The van der Waals surface area contributed by atoms with Crippen molar-refractivity contribution in [3.8, 4) is 5.75 Å². The number of epoxide rings is 1. The van der Waals surface area contributed by atoms with Gasteiger partial charge in [0.05, 0.1) is 25.3 Å². The Hall–Kier alpha value is -2.95. The minimum absolute atomic E-state index is 0.0478. The number of methoxy groups -OCH3 is 2. The first-order valence-corrected chi connectivity index (χ1v) is 21.2. The number of halogens is 1. The highest BCUT2D eigenvalue weighted by Crippen LogP contribution is 2.49. The summed E-state index contributed by atoms with van der Waals surface area (Å²) >= 11 is 6.78. The number of esters is 1. The van der Waals surface area contributed by atoms with Gasteiger partial charge in [-0.3, -0.25) is 14.9 Å². The molecule has 0 saturated carbocycles. The maximum Gasteiger partial charge on any atom is 0.409 e. The molecule has 1 unspecified atom stereocenters. The average molecular weight is 826 g/mol. The highest BCUT2D eigenvalue weighted by molar-refractivity contribution is 8.76. The van der Waals surface area contributed by atoms with E-state index in [1.807, 2.05) is 26.2 Å². The van der Waals surface area contributed by atoms with Crippen LogP contribution in [0.3, 0.4) is 0 Å². The van der Waals surface area contributed by atoms with Gasteiger partial charge in [0.2, 0.25) is 11.8 Å². The molecule has 0 aromatic heterocycles. The SMILES string of the molecule is COc1cc2cc(c1Cl)N(C)C(=O)C[C@H](OC(=O)[C@H](C)N(C)C(=O)CCC(C)(C)SSC)[C@]1(C)OC1[C@H](C)[C@@H]1C[C@@](O)(NC(=O)O1)[C@H](OC)C=CC=C(C)C2. The van der Waals surface area contributed by atoms with E-state index >= 15 is 0 Å². The summed E-state index contributed by atoms with van der Waals surface area (Å²) in [6.07, 6.45) is 3.81. The zero-order valence-electron chi connectivity index (χ0n) is 33.6. The summed E-state index contributed by atoms with van der Waals surface area (Å²) in [5.74, 6) is -1.50. The number of allylic oxidation sites excluding steroid dienone is 3. The standard InChI is InChI=1S/C39H56ClN3O10S2/c1-22-13-12-14-29(50-10)39(48)21-28(51-36(47)41-39)23(2)34-38(6,53-34)30(20-32(45)43(8)26-18-25(17-22)19-27(49-9)33(26)40)52-35(46)24(3)42(7)31(44)15-16-37(4,5)55-54-11/h12-14,18-19,23-24,28-30,34,48H,15-17,20-21H2,1-11H3,(H,41,47)/t23-,24+,28+,29-,30+,34?,38+,39+/m1/s1. The predicted molar refractivity (Wildman–Crippen MR) is 215 cm³/mol. The Labute approximate surface area is 337 Å². The van der Waals surface area contributed by atoms with Crippen LogP contribution in [-0.2, 0) is 39.8 Å². The minimum Gasteiger partial charge on any atom is -0.495 e. The van der Waals surface area contributed by atoms with Crippen LogP contribution in [0.1, 0.15) is 72.8 Å². The maximum absolute atomic E-state index is 14.2. The lowest BCUT2D eigenvalue weighted by Crippen LogP contribution is -2.63. The van der Waals surface area contributed by atoms with Gasteiger partial charge in [-0.05, 0) is 71.4 Å². The van der Waals surface area contributed by atoms with Crippen LogP contribution in [-0.4, -0.2) is 115 Å². The monoisotopic (exact) mass is 825 g/mol. The van der Waals surface area contributed by atoms with Crippen LogP contribution < -0.4 is 15.0 Å². The molecule has 0 spiro atoms. The molecule has 4 bridgehead atoms. The minimum atomic E-state index is -1.83. The smallest absolute Gasteiger partial charge is 0.409 e. The number of nitrogens with one attached hydrogen (secondary N) is 1. The molecule has 0 aliphatic carbocycles. The van der Waals surface area contributed by atoms with Crippen LogP contribution >= 0.6 is 33.2 Å². The van der Waals surface area contributed by atoms with Gasteiger partial charge in [-0.15, -0.1) is 0 Å². The highest BCUT2D eigenvalue weighted by Gasteiger charge is 2.64. The lowest BCUT2D eigenvalue weighted by Gasteiger charge is -2.42. The van der Waals surface area contributed by atoms with E-state index in [2.05, 4.69) is 19.2 Å². The fourth-order valence-corrected chi connectivity index (χ4v) is 9.62. The topological polar surface area (TPSA) is 156 Å². The number of hydrogen-bond acceptors (Lipinski definition) is 12. The first-order valence-electron chi connectivity index (χ1n) is 18.3. The Morgan fingerprint density at radius 2 is 1.95 bits per heavy atom. The van der Waals surface area contributed by atoms with Gasteiger partial charge in [-0.2, -0.15) is 0 Å². The van der Waals surface area contributed by atoms with E-state index < -0.39 is 65.7 Å². The van der Waals surface area contributed by atoms with Crippen molar-refractivity contribution in [1.29, 1.82) is 0 Å². The highest BCUT2D eigenvalue weighted by atomic mass is 35.5. The van der Waals surface area contributed by atoms with Crippen LogP contribution in [0.15, 0.2) is 35.9 Å². The second kappa shape index (κ2) is 18.1. The number of ether oxygens (including phenoxy) is 5. The van der Waals surface area contributed by atoms with Crippen molar-refractivity contribution in [3.05, 3.63) is 46.5 Å². The second-order valence-corrected chi connectivity index (χ2v) is 18.9. The molecule has 2 saturated heterocycles. The van der Waals surface area contributed by atoms with Gasteiger partial charge in [0.1, 0.15) is 40.7 Å². The Morgan fingerprint density at radius 3 is 2.58 bits per heavy atom. The largest absolute Gasteiger partial charge is 0.495 e. The molecular formula is C39H56ClN3O10S2. The van der Waals surface area contributed by atoms with Crippen molar-refractivity contribution in [1.82, 2.24) is 10.2 Å². The van der Waals surface area contributed by atoms with Gasteiger partial charge in [-0.1, -0.05) is 63.9 Å². The number of carbonyl (C=O) groups is 4. The Kier molecular flexibility index (Phi) is 14.7. The number of nitrogens with zero attached hydrogens (tertiary/aromatic N) is 2. The van der Waals surface area contributed by atoms with Gasteiger partial charge < -0.3 is 38.6 Å². The molecular weight excluding hydrogens is 770 g/mol. The van der Waals surface area contributed by atoms with Gasteiger partial charge >= 0.3 is 12.1 Å². The molecule has 55 heavy (non-hydrogen) atoms. The summed E-state index contributed by atoms with van der Waals surface area (Å²) in [5, 5.41) is 14.5. The molecule has 3 aliphatic rings.